The van der Waals surface area contributed by atoms with Gasteiger partial charge in [0.05, 0.1) is 4.75 Å². The van der Waals surface area contributed by atoms with Crippen molar-refractivity contribution in [1.82, 2.24) is 0 Å². The number of nitrogens with zero attached hydrogens (tertiary/aromatic N) is 3. The second-order valence-electron chi connectivity index (χ2n) is 3.40. The van der Waals surface area contributed by atoms with Gasteiger partial charge in [-0.15, -0.1) is 0 Å². The maximum Gasteiger partial charge on any atom is 0.240 e. The molecule has 0 saturated carbocycles. The first kappa shape index (κ1) is 11.5. The average Bonchev–Trinajstić information content (AvgIpc) is 1.86. The van der Waals surface area contributed by atoms with Crippen LogP contribution in [-0.2, 0) is 10.0 Å². The first-order valence-corrected chi connectivity index (χ1v) is 6.16. The van der Waals surface area contributed by atoms with Crippen molar-refractivity contribution in [2.45, 2.75) is 31.1 Å². The summed E-state index contributed by atoms with van der Waals surface area (Å²) < 4.78 is 24.5. The summed E-state index contributed by atoms with van der Waals surface area (Å²) in [6.07, 6.45) is 0. The zero-order valence-corrected chi connectivity index (χ0v) is 10.5. The maximum atomic E-state index is 11.3. The predicted octanol–water partition coefficient (Wildman–Crippen LogP) is 0.579. The van der Waals surface area contributed by atoms with Crippen LogP contribution in [-0.4, -0.2) is 23.4 Å². The zero-order valence-electron chi connectivity index (χ0n) is 7.64. The van der Waals surface area contributed by atoms with Crippen molar-refractivity contribution >= 4 is 20.3 Å². The molecule has 0 radical (unpaired) electrons. The van der Waals surface area contributed by atoms with E-state index in [-0.39, 0.29) is 5.54 Å². The Morgan fingerprint density at radius 2 is 2.00 bits per heavy atom. The lowest BCUT2D eigenvalue weighted by Gasteiger charge is -2.25. The lowest BCUT2D eigenvalue weighted by molar-refractivity contribution is 0.540. The molecule has 0 aliphatic rings. The Bertz CT molecular complexity index is 303. The lowest BCUT2D eigenvalue weighted by Crippen LogP contribution is -2.33. The quantitative estimate of drug-likeness (QED) is 0.293. The van der Waals surface area contributed by atoms with Crippen molar-refractivity contribution in [3.8, 4) is 0 Å². The van der Waals surface area contributed by atoms with Crippen molar-refractivity contribution in [3.63, 3.8) is 0 Å². The topological polar surface area (TPSA) is 82.9 Å². The van der Waals surface area contributed by atoms with Crippen LogP contribution in [0.2, 0.25) is 5.54 Å². The number of rotatable bonds is 3. The van der Waals surface area contributed by atoms with Crippen LogP contribution >= 0.6 is 0 Å². The number of sulfonamides is 1. The fraction of sp³-hybridized carbons (Fsp3) is 1.00. The molecule has 0 heterocycles. The molecule has 1 atom stereocenters. The standard InChI is InChI=1S/C5H13N3O2SSi/c1-4(12)5(2,3)11(9,10)8-7-6/h4H,1-3,12H3. The van der Waals surface area contributed by atoms with E-state index in [2.05, 4.69) is 9.43 Å². The SMILES string of the molecule is CC([SiH3])C(C)(C)S(=O)(=O)N=[N+]=[N-]. The molecule has 0 spiro atoms. The summed E-state index contributed by atoms with van der Waals surface area (Å²) in [4.78, 5) is 2.31. The van der Waals surface area contributed by atoms with Gasteiger partial charge < -0.3 is 0 Å². The van der Waals surface area contributed by atoms with Crippen LogP contribution in [0.15, 0.2) is 4.52 Å². The van der Waals surface area contributed by atoms with E-state index in [4.69, 9.17) is 5.53 Å². The Morgan fingerprint density at radius 3 is 2.25 bits per heavy atom. The van der Waals surface area contributed by atoms with Crippen molar-refractivity contribution in [3.05, 3.63) is 10.4 Å². The second kappa shape index (κ2) is 3.47. The highest BCUT2D eigenvalue weighted by Crippen LogP contribution is 2.29. The van der Waals surface area contributed by atoms with Gasteiger partial charge in [-0.3, -0.25) is 0 Å². The molecule has 0 aliphatic carbocycles. The molecule has 0 aromatic rings. The fourth-order valence-corrected chi connectivity index (χ4v) is 2.25. The first-order chi connectivity index (χ1) is 5.25. The van der Waals surface area contributed by atoms with E-state index in [1.54, 1.807) is 13.8 Å². The van der Waals surface area contributed by atoms with Crippen LogP contribution in [0.25, 0.3) is 10.4 Å². The molecule has 0 rings (SSSR count). The fourth-order valence-electron chi connectivity index (χ4n) is 0.451. The lowest BCUT2D eigenvalue weighted by atomic mass is 10.1. The molecule has 0 aromatic heterocycles. The van der Waals surface area contributed by atoms with Gasteiger partial charge in [-0.25, -0.2) is 8.42 Å². The van der Waals surface area contributed by atoms with E-state index in [0.29, 0.717) is 0 Å². The number of azide groups is 1. The average molecular weight is 207 g/mol. The normalized spacial score (nSPS) is 15.2. The molecule has 7 heteroatoms. The Morgan fingerprint density at radius 1 is 1.58 bits per heavy atom. The Hall–Kier alpha value is -0.523. The van der Waals surface area contributed by atoms with Crippen LogP contribution in [0.1, 0.15) is 20.8 Å². The van der Waals surface area contributed by atoms with Crippen LogP contribution in [0, 0.1) is 0 Å². The van der Waals surface area contributed by atoms with Gasteiger partial charge in [0.25, 0.3) is 0 Å². The van der Waals surface area contributed by atoms with Gasteiger partial charge in [-0.05, 0) is 24.9 Å². The highest BCUT2D eigenvalue weighted by molar-refractivity contribution is 7.91. The van der Waals surface area contributed by atoms with Crippen molar-refractivity contribution in [2.75, 3.05) is 0 Å². The Labute approximate surface area is 75.3 Å². The largest absolute Gasteiger partial charge is 0.240 e. The van der Waals surface area contributed by atoms with Crippen molar-refractivity contribution < 1.29 is 8.42 Å². The van der Waals surface area contributed by atoms with E-state index in [1.165, 1.54) is 0 Å². The molecule has 0 saturated heterocycles. The summed E-state index contributed by atoms with van der Waals surface area (Å²) in [5, 5.41) is 0. The summed E-state index contributed by atoms with van der Waals surface area (Å²) in [7, 11) is -2.91. The molecule has 0 amide bonds. The van der Waals surface area contributed by atoms with Crippen LogP contribution in [0.4, 0.5) is 0 Å². The number of hydrogen-bond donors (Lipinski definition) is 0. The maximum absolute atomic E-state index is 11.3. The minimum Gasteiger partial charge on any atom is -0.220 e. The monoisotopic (exact) mass is 207 g/mol. The van der Waals surface area contributed by atoms with E-state index in [1.807, 2.05) is 6.92 Å². The van der Waals surface area contributed by atoms with E-state index in [0.717, 1.165) is 10.2 Å². The third-order valence-electron chi connectivity index (χ3n) is 2.20. The second-order valence-corrected chi connectivity index (χ2v) is 7.30. The van der Waals surface area contributed by atoms with E-state index < -0.39 is 14.8 Å². The first-order valence-electron chi connectivity index (χ1n) is 3.56. The van der Waals surface area contributed by atoms with Gasteiger partial charge in [-0.2, -0.15) is 0 Å². The van der Waals surface area contributed by atoms with Gasteiger partial charge in [0.2, 0.25) is 10.0 Å². The number of hydrogen-bond acceptors (Lipinski definition) is 2. The van der Waals surface area contributed by atoms with Crippen molar-refractivity contribution in [2.24, 2.45) is 4.52 Å². The summed E-state index contributed by atoms with van der Waals surface area (Å²) >= 11 is 0. The third kappa shape index (κ3) is 1.99. The molecule has 0 N–H and O–H groups in total. The molecule has 70 valence electrons. The van der Waals surface area contributed by atoms with Gasteiger partial charge in [0.15, 0.2) is 0 Å². The molecule has 0 aromatic carbocycles. The summed E-state index contributed by atoms with van der Waals surface area (Å²) in [6.45, 7) is 4.99. The minimum absolute atomic E-state index is 0.0491. The smallest absolute Gasteiger partial charge is 0.220 e. The zero-order chi connectivity index (χ0) is 9.99. The Balaban J connectivity index is 5.17. The van der Waals surface area contributed by atoms with Crippen LogP contribution in [0.5, 0.6) is 0 Å². The highest BCUT2D eigenvalue weighted by atomic mass is 32.2. The molecule has 0 bridgehead atoms. The Kier molecular flexibility index (Phi) is 3.31. The van der Waals surface area contributed by atoms with Crippen LogP contribution in [0.3, 0.4) is 0 Å². The van der Waals surface area contributed by atoms with Gasteiger partial charge in [-0.1, -0.05) is 6.92 Å². The van der Waals surface area contributed by atoms with E-state index >= 15 is 0 Å². The molecule has 1 unspecified atom stereocenters. The highest BCUT2D eigenvalue weighted by Gasteiger charge is 2.36. The molecular formula is C5H13N3O2SSi. The minimum atomic E-state index is -3.67. The molecule has 0 fully saturated rings. The summed E-state index contributed by atoms with van der Waals surface area (Å²) in [5.41, 5.74) is 8.09. The predicted molar refractivity (Wildman–Crippen MR) is 51.5 cm³/mol. The van der Waals surface area contributed by atoms with E-state index in [9.17, 15) is 8.42 Å². The van der Waals surface area contributed by atoms with Gasteiger partial charge >= 0.3 is 0 Å². The van der Waals surface area contributed by atoms with Crippen molar-refractivity contribution in [1.29, 1.82) is 0 Å². The van der Waals surface area contributed by atoms with Crippen LogP contribution < -0.4 is 0 Å². The van der Waals surface area contributed by atoms with Gasteiger partial charge in [0, 0.05) is 19.7 Å². The molecular weight excluding hydrogens is 194 g/mol. The summed E-state index contributed by atoms with van der Waals surface area (Å²) in [6, 6.07) is 0. The summed E-state index contributed by atoms with van der Waals surface area (Å²) in [5.74, 6) is 0. The molecule has 0 aliphatic heterocycles. The third-order valence-corrected chi connectivity index (χ3v) is 6.15. The molecule has 5 nitrogen and oxygen atoms in total. The molecule has 12 heavy (non-hydrogen) atoms. The van der Waals surface area contributed by atoms with Gasteiger partial charge in [0.1, 0.15) is 0 Å².